The lowest BCUT2D eigenvalue weighted by atomic mass is 9.95. The van der Waals surface area contributed by atoms with Gasteiger partial charge in [-0.3, -0.25) is 14.5 Å². The maximum Gasteiger partial charge on any atom is 0.300 e. The van der Waals surface area contributed by atoms with Crippen LogP contribution in [0.25, 0.3) is 5.76 Å². The number of amides is 1. The largest absolute Gasteiger partial charge is 0.507 e. The van der Waals surface area contributed by atoms with E-state index in [9.17, 15) is 19.1 Å². The average Bonchev–Trinajstić information content (AvgIpc) is 3.10. The van der Waals surface area contributed by atoms with E-state index in [1.807, 2.05) is 0 Å². The summed E-state index contributed by atoms with van der Waals surface area (Å²) >= 11 is 12.3. The van der Waals surface area contributed by atoms with Gasteiger partial charge in [0.15, 0.2) is 11.5 Å². The van der Waals surface area contributed by atoms with Crippen molar-refractivity contribution in [1.29, 1.82) is 0 Å². The maximum atomic E-state index is 13.6. The van der Waals surface area contributed by atoms with Crippen molar-refractivity contribution in [2.24, 2.45) is 0 Å². The fraction of sp³-hybridized carbons (Fsp3) is 0.120. The van der Waals surface area contributed by atoms with Crippen molar-refractivity contribution in [3.63, 3.8) is 0 Å². The second-order valence-electron chi connectivity index (χ2n) is 7.39. The van der Waals surface area contributed by atoms with Gasteiger partial charge in [0.25, 0.3) is 11.7 Å². The molecule has 1 heterocycles. The minimum Gasteiger partial charge on any atom is -0.507 e. The summed E-state index contributed by atoms with van der Waals surface area (Å²) in [5.74, 6) is -1.97. The highest BCUT2D eigenvalue weighted by molar-refractivity contribution is 6.51. The number of methoxy groups -OCH3 is 2. The number of ether oxygens (including phenoxy) is 2. The number of hydrogen-bond donors (Lipinski definition) is 1. The minimum atomic E-state index is -1.05. The molecule has 1 fully saturated rings. The van der Waals surface area contributed by atoms with Crippen molar-refractivity contribution in [3.05, 3.63) is 93.2 Å². The Morgan fingerprint density at radius 1 is 0.912 bits per heavy atom. The van der Waals surface area contributed by atoms with Gasteiger partial charge in [-0.05, 0) is 60.2 Å². The van der Waals surface area contributed by atoms with Gasteiger partial charge in [-0.1, -0.05) is 29.3 Å². The number of nitrogens with zero attached hydrogens (tertiary/aromatic N) is 1. The van der Waals surface area contributed by atoms with Crippen molar-refractivity contribution in [3.8, 4) is 11.5 Å². The average molecular weight is 502 g/mol. The zero-order chi connectivity index (χ0) is 24.6. The molecule has 1 atom stereocenters. The molecule has 0 spiro atoms. The molecule has 6 nitrogen and oxygen atoms in total. The molecule has 3 aromatic carbocycles. The van der Waals surface area contributed by atoms with E-state index in [1.165, 1.54) is 67.7 Å². The number of halogens is 3. The monoisotopic (exact) mass is 501 g/mol. The normalized spacial score (nSPS) is 17.2. The molecule has 0 bridgehead atoms. The molecular formula is C25H18Cl2FNO5. The molecule has 34 heavy (non-hydrogen) atoms. The van der Waals surface area contributed by atoms with Crippen LogP contribution in [0.2, 0.25) is 10.0 Å². The Hall–Kier alpha value is -3.55. The highest BCUT2D eigenvalue weighted by Crippen LogP contribution is 2.44. The molecule has 1 amide bonds. The van der Waals surface area contributed by atoms with E-state index in [0.29, 0.717) is 17.1 Å². The van der Waals surface area contributed by atoms with Crippen molar-refractivity contribution in [2.45, 2.75) is 6.04 Å². The highest BCUT2D eigenvalue weighted by Gasteiger charge is 2.47. The predicted molar refractivity (Wildman–Crippen MR) is 127 cm³/mol. The van der Waals surface area contributed by atoms with E-state index < -0.39 is 29.3 Å². The molecular weight excluding hydrogens is 484 g/mol. The van der Waals surface area contributed by atoms with Crippen molar-refractivity contribution < 1.29 is 28.6 Å². The first kappa shape index (κ1) is 23.6. The molecule has 9 heteroatoms. The molecule has 4 rings (SSSR count). The van der Waals surface area contributed by atoms with Gasteiger partial charge in [-0.25, -0.2) is 4.39 Å². The van der Waals surface area contributed by atoms with E-state index in [0.717, 1.165) is 0 Å². The molecule has 0 aromatic heterocycles. The quantitative estimate of drug-likeness (QED) is 0.272. The summed E-state index contributed by atoms with van der Waals surface area (Å²) in [6.07, 6.45) is 0. The first-order valence-electron chi connectivity index (χ1n) is 10.0. The Morgan fingerprint density at radius 3 is 2.21 bits per heavy atom. The van der Waals surface area contributed by atoms with Crippen LogP contribution in [0.4, 0.5) is 10.1 Å². The third-order valence-electron chi connectivity index (χ3n) is 5.47. The second kappa shape index (κ2) is 9.37. The van der Waals surface area contributed by atoms with E-state index in [2.05, 4.69) is 0 Å². The second-order valence-corrected chi connectivity index (χ2v) is 8.20. The minimum absolute atomic E-state index is 0.167. The number of Topliss-reactive ketones (excluding diaryl/α,β-unsaturated/α-hetero) is 1. The van der Waals surface area contributed by atoms with Gasteiger partial charge >= 0.3 is 0 Å². The molecule has 1 aliphatic heterocycles. The van der Waals surface area contributed by atoms with Crippen LogP contribution in [0, 0.1) is 5.82 Å². The van der Waals surface area contributed by atoms with E-state index in [-0.39, 0.29) is 26.9 Å². The van der Waals surface area contributed by atoms with Gasteiger partial charge in [-0.15, -0.1) is 0 Å². The summed E-state index contributed by atoms with van der Waals surface area (Å²) < 4.78 is 24.1. The maximum absolute atomic E-state index is 13.6. The number of carbonyl (C=O) groups excluding carboxylic acids is 2. The third-order valence-corrected chi connectivity index (χ3v) is 6.20. The highest BCUT2D eigenvalue weighted by atomic mass is 35.5. The number of aliphatic hydroxyl groups excluding tert-OH is 1. The summed E-state index contributed by atoms with van der Waals surface area (Å²) in [5, 5.41) is 11.7. The van der Waals surface area contributed by atoms with Crippen LogP contribution in [0.15, 0.2) is 66.2 Å². The van der Waals surface area contributed by atoms with Gasteiger partial charge in [0.05, 0.1) is 35.9 Å². The lowest BCUT2D eigenvalue weighted by Gasteiger charge is -2.25. The van der Waals surface area contributed by atoms with Gasteiger partial charge in [0.2, 0.25) is 0 Å². The number of benzene rings is 3. The molecule has 0 saturated carbocycles. The van der Waals surface area contributed by atoms with Crippen molar-refractivity contribution in [2.75, 3.05) is 19.1 Å². The number of ketones is 1. The van der Waals surface area contributed by atoms with Crippen LogP contribution in [-0.4, -0.2) is 31.0 Å². The number of rotatable bonds is 5. The van der Waals surface area contributed by atoms with E-state index in [4.69, 9.17) is 32.7 Å². The van der Waals surface area contributed by atoms with E-state index in [1.54, 1.807) is 12.1 Å². The molecule has 0 radical (unpaired) electrons. The number of anilines is 1. The Morgan fingerprint density at radius 2 is 1.59 bits per heavy atom. The number of carbonyl (C=O) groups is 2. The zero-order valence-electron chi connectivity index (χ0n) is 18.0. The Labute approximate surface area is 204 Å². The zero-order valence-corrected chi connectivity index (χ0v) is 19.5. The van der Waals surface area contributed by atoms with Gasteiger partial charge in [-0.2, -0.15) is 0 Å². The Kier molecular flexibility index (Phi) is 6.50. The molecule has 1 saturated heterocycles. The van der Waals surface area contributed by atoms with Gasteiger partial charge in [0, 0.05) is 11.3 Å². The first-order valence-corrected chi connectivity index (χ1v) is 10.8. The van der Waals surface area contributed by atoms with Gasteiger partial charge in [0.1, 0.15) is 11.6 Å². The topological polar surface area (TPSA) is 76.1 Å². The van der Waals surface area contributed by atoms with Crippen LogP contribution >= 0.6 is 23.2 Å². The molecule has 1 N–H and O–H groups in total. The van der Waals surface area contributed by atoms with Crippen molar-refractivity contribution >= 4 is 46.3 Å². The fourth-order valence-electron chi connectivity index (χ4n) is 3.84. The van der Waals surface area contributed by atoms with Crippen LogP contribution in [0.3, 0.4) is 0 Å². The predicted octanol–water partition coefficient (Wildman–Crippen LogP) is 5.78. The number of hydrogen-bond acceptors (Lipinski definition) is 5. The molecule has 0 aliphatic carbocycles. The molecule has 1 aliphatic rings. The summed E-state index contributed by atoms with van der Waals surface area (Å²) in [6, 6.07) is 13.3. The summed E-state index contributed by atoms with van der Waals surface area (Å²) in [5.41, 5.74) is 0.769. The SMILES string of the molecule is COc1ccc(/C(O)=C2/C(=O)C(=O)N(c3ccc(F)cc3)C2c2ccc(Cl)c(Cl)c2)cc1OC. The van der Waals surface area contributed by atoms with Crippen LogP contribution in [0.1, 0.15) is 17.2 Å². The standard InChI is InChI=1S/C25H18Cl2FNO5/c1-33-19-10-4-14(12-20(19)34-2)23(30)21-22(13-3-9-17(26)18(27)11-13)29(25(32)24(21)31)16-7-5-15(28)6-8-16/h3-12,22,30H,1-2H3/b23-21-. The molecule has 1 unspecified atom stereocenters. The summed E-state index contributed by atoms with van der Waals surface area (Å²) in [6.45, 7) is 0. The number of aliphatic hydroxyl groups is 1. The Balaban J connectivity index is 1.95. The smallest absolute Gasteiger partial charge is 0.300 e. The van der Waals surface area contributed by atoms with Crippen LogP contribution < -0.4 is 14.4 Å². The Bertz CT molecular complexity index is 1320. The first-order chi connectivity index (χ1) is 16.3. The van der Waals surface area contributed by atoms with E-state index >= 15 is 0 Å². The third kappa shape index (κ3) is 4.08. The van der Waals surface area contributed by atoms with Crippen molar-refractivity contribution in [1.82, 2.24) is 0 Å². The molecule has 3 aromatic rings. The van der Waals surface area contributed by atoms with Crippen LogP contribution in [-0.2, 0) is 9.59 Å². The summed E-state index contributed by atoms with van der Waals surface area (Å²) in [7, 11) is 2.90. The van der Waals surface area contributed by atoms with Gasteiger partial charge < -0.3 is 14.6 Å². The summed E-state index contributed by atoms with van der Waals surface area (Å²) in [4.78, 5) is 27.5. The fourth-order valence-corrected chi connectivity index (χ4v) is 4.14. The molecule has 174 valence electrons. The lowest BCUT2D eigenvalue weighted by molar-refractivity contribution is -0.132. The van der Waals surface area contributed by atoms with Crippen LogP contribution in [0.5, 0.6) is 11.5 Å². The lowest BCUT2D eigenvalue weighted by Crippen LogP contribution is -2.29.